The van der Waals surface area contributed by atoms with Crippen LogP contribution in [0.15, 0.2) is 30.5 Å². The minimum absolute atomic E-state index is 0.855. The van der Waals surface area contributed by atoms with E-state index in [2.05, 4.69) is 0 Å². The van der Waals surface area contributed by atoms with E-state index in [1.807, 2.05) is 30.3 Å². The minimum atomic E-state index is 0.855. The molecule has 0 saturated carbocycles. The molecule has 1 aromatic rings. The Morgan fingerprint density at radius 1 is 1.25 bits per heavy atom. The van der Waals surface area contributed by atoms with Crippen LogP contribution in [0.5, 0.6) is 5.75 Å². The Balaban J connectivity index is 2.79. The number of ether oxygens (including phenoxy) is 2. The Hall–Kier alpha value is -1.44. The zero-order chi connectivity index (χ0) is 8.81. The van der Waals surface area contributed by atoms with E-state index in [9.17, 15) is 0 Å². The lowest BCUT2D eigenvalue weighted by Gasteiger charge is -1.99. The first kappa shape index (κ1) is 8.65. The van der Waals surface area contributed by atoms with E-state index in [1.165, 1.54) is 0 Å². The number of methoxy groups -OCH3 is 2. The van der Waals surface area contributed by atoms with Crippen LogP contribution in [0, 0.1) is 0 Å². The highest BCUT2D eigenvalue weighted by Crippen LogP contribution is 2.13. The molecule has 0 amide bonds. The molecular weight excluding hydrogens is 152 g/mol. The minimum Gasteiger partial charge on any atom is -0.504 e. The summed E-state index contributed by atoms with van der Waals surface area (Å²) in [5, 5.41) is 0. The Labute approximate surface area is 72.4 Å². The molecule has 0 saturated heterocycles. The van der Waals surface area contributed by atoms with Crippen molar-refractivity contribution in [2.45, 2.75) is 0 Å². The summed E-state index contributed by atoms with van der Waals surface area (Å²) in [7, 11) is 3.27. The zero-order valence-electron chi connectivity index (χ0n) is 7.28. The van der Waals surface area contributed by atoms with E-state index >= 15 is 0 Å². The van der Waals surface area contributed by atoms with Gasteiger partial charge in [-0.1, -0.05) is 12.1 Å². The summed E-state index contributed by atoms with van der Waals surface area (Å²) in [6.07, 6.45) is 3.51. The molecule has 2 heteroatoms. The topological polar surface area (TPSA) is 18.5 Å². The standard InChI is InChI=1S/C10H12O2/c1-11-7-6-9-4-3-5-10(8-9)12-2/h3-8H,1-2H3/b7-6-. The highest BCUT2D eigenvalue weighted by Gasteiger charge is 1.90. The third-order valence-electron chi connectivity index (χ3n) is 1.49. The molecule has 64 valence electrons. The molecule has 0 bridgehead atoms. The zero-order valence-corrected chi connectivity index (χ0v) is 7.28. The Morgan fingerprint density at radius 3 is 2.75 bits per heavy atom. The fourth-order valence-electron chi connectivity index (χ4n) is 0.892. The average Bonchev–Trinajstić information content (AvgIpc) is 2.15. The molecule has 0 aliphatic heterocycles. The van der Waals surface area contributed by atoms with Crippen LogP contribution < -0.4 is 4.74 Å². The molecule has 0 atom stereocenters. The van der Waals surface area contributed by atoms with E-state index in [4.69, 9.17) is 9.47 Å². The van der Waals surface area contributed by atoms with Gasteiger partial charge in [0.05, 0.1) is 20.5 Å². The Bertz CT molecular complexity index is 266. The van der Waals surface area contributed by atoms with Crippen LogP contribution in [0.2, 0.25) is 0 Å². The van der Waals surface area contributed by atoms with Crippen LogP contribution in [0.1, 0.15) is 5.56 Å². The van der Waals surface area contributed by atoms with Gasteiger partial charge in [-0.25, -0.2) is 0 Å². The first-order valence-corrected chi connectivity index (χ1v) is 3.70. The van der Waals surface area contributed by atoms with Crippen molar-refractivity contribution in [3.63, 3.8) is 0 Å². The van der Waals surface area contributed by atoms with Crippen molar-refractivity contribution in [1.82, 2.24) is 0 Å². The van der Waals surface area contributed by atoms with Crippen molar-refractivity contribution in [3.05, 3.63) is 36.1 Å². The molecule has 0 N–H and O–H groups in total. The molecule has 0 aromatic heterocycles. The van der Waals surface area contributed by atoms with Crippen molar-refractivity contribution >= 4 is 6.08 Å². The number of rotatable bonds is 3. The molecule has 0 unspecified atom stereocenters. The molecular formula is C10H12O2. The number of hydrogen-bond acceptors (Lipinski definition) is 2. The molecule has 0 aliphatic carbocycles. The van der Waals surface area contributed by atoms with Crippen molar-refractivity contribution in [2.24, 2.45) is 0 Å². The van der Waals surface area contributed by atoms with Crippen LogP contribution in [0.3, 0.4) is 0 Å². The lowest BCUT2D eigenvalue weighted by molar-refractivity contribution is 0.341. The van der Waals surface area contributed by atoms with Crippen molar-refractivity contribution in [3.8, 4) is 5.75 Å². The van der Waals surface area contributed by atoms with Crippen LogP contribution in [-0.4, -0.2) is 14.2 Å². The van der Waals surface area contributed by atoms with E-state index in [1.54, 1.807) is 20.5 Å². The third-order valence-corrected chi connectivity index (χ3v) is 1.49. The average molecular weight is 164 g/mol. The smallest absolute Gasteiger partial charge is 0.119 e. The van der Waals surface area contributed by atoms with Gasteiger partial charge in [-0.15, -0.1) is 0 Å². The molecule has 12 heavy (non-hydrogen) atoms. The summed E-state index contributed by atoms with van der Waals surface area (Å²) >= 11 is 0. The molecule has 0 heterocycles. The third kappa shape index (κ3) is 2.31. The highest BCUT2D eigenvalue weighted by atomic mass is 16.5. The van der Waals surface area contributed by atoms with Crippen molar-refractivity contribution in [2.75, 3.05) is 14.2 Å². The normalized spacial score (nSPS) is 10.2. The van der Waals surface area contributed by atoms with Gasteiger partial charge in [-0.2, -0.15) is 0 Å². The predicted octanol–water partition coefficient (Wildman–Crippen LogP) is 2.31. The summed E-state index contributed by atoms with van der Waals surface area (Å²) in [5.41, 5.74) is 1.07. The van der Waals surface area contributed by atoms with E-state index in [0.29, 0.717) is 0 Å². The quantitative estimate of drug-likeness (QED) is 0.638. The van der Waals surface area contributed by atoms with Gasteiger partial charge in [0.25, 0.3) is 0 Å². The van der Waals surface area contributed by atoms with E-state index < -0.39 is 0 Å². The molecule has 0 radical (unpaired) electrons. The second kappa shape index (κ2) is 4.44. The van der Waals surface area contributed by atoms with E-state index in [0.717, 1.165) is 11.3 Å². The molecule has 0 fully saturated rings. The largest absolute Gasteiger partial charge is 0.504 e. The number of benzene rings is 1. The lowest BCUT2D eigenvalue weighted by atomic mass is 10.2. The van der Waals surface area contributed by atoms with Gasteiger partial charge >= 0.3 is 0 Å². The van der Waals surface area contributed by atoms with Gasteiger partial charge in [0.2, 0.25) is 0 Å². The van der Waals surface area contributed by atoms with Crippen molar-refractivity contribution < 1.29 is 9.47 Å². The maximum Gasteiger partial charge on any atom is 0.119 e. The second-order valence-corrected chi connectivity index (χ2v) is 2.32. The maximum atomic E-state index is 5.06. The van der Waals surface area contributed by atoms with Crippen LogP contribution in [0.25, 0.3) is 6.08 Å². The molecule has 2 nitrogen and oxygen atoms in total. The molecule has 0 aliphatic rings. The van der Waals surface area contributed by atoms with Gasteiger partial charge in [0.1, 0.15) is 5.75 Å². The summed E-state index contributed by atoms with van der Waals surface area (Å²) in [5.74, 6) is 0.855. The van der Waals surface area contributed by atoms with Crippen LogP contribution in [0.4, 0.5) is 0 Å². The van der Waals surface area contributed by atoms with Gasteiger partial charge in [-0.3, -0.25) is 0 Å². The van der Waals surface area contributed by atoms with Crippen LogP contribution in [-0.2, 0) is 4.74 Å². The first-order valence-electron chi connectivity index (χ1n) is 3.70. The molecule has 1 rings (SSSR count). The fourth-order valence-corrected chi connectivity index (χ4v) is 0.892. The Kier molecular flexibility index (Phi) is 3.20. The summed E-state index contributed by atoms with van der Waals surface area (Å²) in [6, 6.07) is 7.77. The fraction of sp³-hybridized carbons (Fsp3) is 0.200. The predicted molar refractivity (Wildman–Crippen MR) is 49.0 cm³/mol. The Morgan fingerprint density at radius 2 is 2.08 bits per heavy atom. The van der Waals surface area contributed by atoms with Gasteiger partial charge in [0.15, 0.2) is 0 Å². The SMILES string of the molecule is CO/C=C\c1cccc(OC)c1. The summed E-state index contributed by atoms with van der Waals surface area (Å²) in [4.78, 5) is 0. The van der Waals surface area contributed by atoms with Gasteiger partial charge in [0, 0.05) is 0 Å². The maximum absolute atomic E-state index is 5.06. The summed E-state index contributed by atoms with van der Waals surface area (Å²) in [6.45, 7) is 0. The lowest BCUT2D eigenvalue weighted by Crippen LogP contribution is -1.82. The first-order chi connectivity index (χ1) is 5.86. The highest BCUT2D eigenvalue weighted by molar-refractivity contribution is 5.50. The van der Waals surface area contributed by atoms with Crippen molar-refractivity contribution in [1.29, 1.82) is 0 Å². The second-order valence-electron chi connectivity index (χ2n) is 2.32. The summed E-state index contributed by atoms with van der Waals surface area (Å²) < 4.78 is 9.86. The van der Waals surface area contributed by atoms with Gasteiger partial charge < -0.3 is 9.47 Å². The monoisotopic (exact) mass is 164 g/mol. The van der Waals surface area contributed by atoms with Gasteiger partial charge in [-0.05, 0) is 23.8 Å². The van der Waals surface area contributed by atoms with Crippen LogP contribution >= 0.6 is 0 Å². The number of hydrogen-bond donors (Lipinski definition) is 0. The molecule has 0 spiro atoms. The van der Waals surface area contributed by atoms with E-state index in [-0.39, 0.29) is 0 Å². The molecule has 1 aromatic carbocycles.